The van der Waals surface area contributed by atoms with Crippen LogP contribution in [0.3, 0.4) is 0 Å². The van der Waals surface area contributed by atoms with Gasteiger partial charge in [-0.3, -0.25) is 9.59 Å². The molecule has 0 aromatic heterocycles. The predicted octanol–water partition coefficient (Wildman–Crippen LogP) is -0.311. The van der Waals surface area contributed by atoms with Gasteiger partial charge < -0.3 is 20.0 Å². The third kappa shape index (κ3) is 5.71. The minimum Gasteiger partial charge on any atom is -0.338 e. The van der Waals surface area contributed by atoms with Gasteiger partial charge in [-0.2, -0.15) is 0 Å². The first-order valence-corrected chi connectivity index (χ1v) is 11.5. The van der Waals surface area contributed by atoms with E-state index in [0.29, 0.717) is 13.1 Å². The number of benzene rings is 2. The number of nitrogens with zero attached hydrogens (tertiary/aromatic N) is 2. The molecule has 2 heterocycles. The number of quaternary nitrogens is 2. The fourth-order valence-electron chi connectivity index (χ4n) is 4.67. The Labute approximate surface area is 184 Å². The van der Waals surface area contributed by atoms with Crippen molar-refractivity contribution in [1.29, 1.82) is 0 Å². The summed E-state index contributed by atoms with van der Waals surface area (Å²) >= 11 is 0. The summed E-state index contributed by atoms with van der Waals surface area (Å²) in [5.41, 5.74) is 2.41. The lowest BCUT2D eigenvalue weighted by atomic mass is 9.99. The molecule has 0 saturated carbocycles. The lowest BCUT2D eigenvalue weighted by molar-refractivity contribution is -0.896. The van der Waals surface area contributed by atoms with E-state index in [1.54, 1.807) is 0 Å². The minimum absolute atomic E-state index is 0.108. The van der Waals surface area contributed by atoms with Crippen molar-refractivity contribution in [3.8, 4) is 0 Å². The summed E-state index contributed by atoms with van der Waals surface area (Å²) in [6.07, 6.45) is 2.26. The zero-order valence-electron chi connectivity index (χ0n) is 18.2. The van der Waals surface area contributed by atoms with Crippen molar-refractivity contribution in [3.05, 3.63) is 71.8 Å². The van der Waals surface area contributed by atoms with Gasteiger partial charge in [0.2, 0.25) is 0 Å². The second kappa shape index (κ2) is 10.6. The molecule has 31 heavy (non-hydrogen) atoms. The van der Waals surface area contributed by atoms with Gasteiger partial charge in [0.1, 0.15) is 6.04 Å². The summed E-state index contributed by atoms with van der Waals surface area (Å²) in [6, 6.07) is 20.8. The van der Waals surface area contributed by atoms with E-state index in [1.165, 1.54) is 16.0 Å². The highest BCUT2D eigenvalue weighted by Gasteiger charge is 2.29. The number of hydrogen-bond donors (Lipinski definition) is 2. The van der Waals surface area contributed by atoms with Crippen molar-refractivity contribution in [2.24, 2.45) is 0 Å². The van der Waals surface area contributed by atoms with Gasteiger partial charge in [-0.25, -0.2) is 0 Å². The average molecular weight is 423 g/mol. The van der Waals surface area contributed by atoms with Gasteiger partial charge in [0, 0.05) is 24.2 Å². The first-order chi connectivity index (χ1) is 15.2. The number of nitrogens with one attached hydrogen (secondary N) is 1. The van der Waals surface area contributed by atoms with Gasteiger partial charge in [0.25, 0.3) is 11.8 Å². The molecule has 0 spiro atoms. The number of piperazine rings is 1. The van der Waals surface area contributed by atoms with Crippen LogP contribution in [-0.2, 0) is 9.59 Å². The lowest BCUT2D eigenvalue weighted by Crippen LogP contribution is -3.16. The molecule has 2 aliphatic rings. The predicted molar refractivity (Wildman–Crippen MR) is 119 cm³/mol. The van der Waals surface area contributed by atoms with Crippen LogP contribution in [-0.4, -0.2) is 74.0 Å². The van der Waals surface area contributed by atoms with E-state index in [1.807, 2.05) is 46.2 Å². The van der Waals surface area contributed by atoms with E-state index in [4.69, 9.17) is 0 Å². The molecule has 2 saturated heterocycles. The maximum Gasteiger partial charge on any atom is 0.278 e. The van der Waals surface area contributed by atoms with Crippen LogP contribution >= 0.6 is 0 Å². The van der Waals surface area contributed by atoms with Crippen molar-refractivity contribution in [2.45, 2.75) is 18.9 Å². The second-order valence-corrected chi connectivity index (χ2v) is 8.63. The molecule has 0 atom stereocenters. The number of hydrogen-bond acceptors (Lipinski definition) is 2. The minimum atomic E-state index is 0.108. The quantitative estimate of drug-likeness (QED) is 0.643. The van der Waals surface area contributed by atoms with Crippen LogP contribution in [0.4, 0.5) is 0 Å². The molecule has 0 unspecified atom stereocenters. The van der Waals surface area contributed by atoms with E-state index in [0.717, 1.165) is 52.1 Å². The molecule has 3 N–H and O–H groups in total. The van der Waals surface area contributed by atoms with E-state index in [-0.39, 0.29) is 17.9 Å². The smallest absolute Gasteiger partial charge is 0.278 e. The molecule has 2 fully saturated rings. The molecule has 6 nitrogen and oxygen atoms in total. The standard InChI is InChI=1S/C25H32N4O2/c30-23(29-17-15-27(16-18-29)20-24(31)28-13-7-8-14-28)19-26-25(21-9-3-1-4-10-21)22-11-5-2-6-12-22/h1-6,9-12,25-26H,7-8,13-20H2/p+2. The van der Waals surface area contributed by atoms with E-state index >= 15 is 0 Å². The number of amides is 2. The number of rotatable bonds is 7. The fraction of sp³-hybridized carbons (Fsp3) is 0.440. The second-order valence-electron chi connectivity index (χ2n) is 8.63. The summed E-state index contributed by atoms with van der Waals surface area (Å²) in [7, 11) is 0. The molecule has 0 radical (unpaired) electrons. The van der Waals surface area contributed by atoms with Crippen LogP contribution in [0.15, 0.2) is 60.7 Å². The Morgan fingerprint density at radius 3 is 1.84 bits per heavy atom. The molecule has 4 rings (SSSR count). The molecule has 2 aromatic rings. The Morgan fingerprint density at radius 1 is 0.774 bits per heavy atom. The van der Waals surface area contributed by atoms with Crippen molar-refractivity contribution in [1.82, 2.24) is 9.80 Å². The van der Waals surface area contributed by atoms with Crippen LogP contribution in [0.1, 0.15) is 30.0 Å². The number of likely N-dealkylation sites (tertiary alicyclic amines) is 1. The van der Waals surface area contributed by atoms with E-state index in [9.17, 15) is 9.59 Å². The van der Waals surface area contributed by atoms with Crippen molar-refractivity contribution >= 4 is 11.8 Å². The highest BCUT2D eigenvalue weighted by molar-refractivity contribution is 5.78. The van der Waals surface area contributed by atoms with Gasteiger partial charge in [0.05, 0.1) is 26.2 Å². The Hall–Kier alpha value is -2.70. The molecule has 2 aliphatic heterocycles. The molecule has 164 valence electrons. The largest absolute Gasteiger partial charge is 0.338 e. The zero-order valence-corrected chi connectivity index (χ0v) is 18.2. The molecule has 2 aromatic carbocycles. The van der Waals surface area contributed by atoms with Crippen LogP contribution in [0.25, 0.3) is 0 Å². The van der Waals surface area contributed by atoms with Crippen LogP contribution in [0.5, 0.6) is 0 Å². The third-order valence-corrected chi connectivity index (χ3v) is 6.53. The molecule has 0 bridgehead atoms. The Kier molecular flexibility index (Phi) is 7.33. The topological polar surface area (TPSA) is 61.7 Å². The monoisotopic (exact) mass is 422 g/mol. The molecule has 6 heteroatoms. The summed E-state index contributed by atoms with van der Waals surface area (Å²) in [5.74, 6) is 0.455. The van der Waals surface area contributed by atoms with Crippen LogP contribution < -0.4 is 10.2 Å². The van der Waals surface area contributed by atoms with Crippen LogP contribution in [0, 0.1) is 0 Å². The summed E-state index contributed by atoms with van der Waals surface area (Å²) in [4.78, 5) is 30.6. The van der Waals surface area contributed by atoms with Crippen molar-refractivity contribution in [2.75, 3.05) is 52.4 Å². The third-order valence-electron chi connectivity index (χ3n) is 6.53. The summed E-state index contributed by atoms with van der Waals surface area (Å²) < 4.78 is 0. The van der Waals surface area contributed by atoms with E-state index < -0.39 is 0 Å². The van der Waals surface area contributed by atoms with Gasteiger partial charge in [-0.1, -0.05) is 60.7 Å². The van der Waals surface area contributed by atoms with Gasteiger partial charge in [-0.05, 0) is 12.8 Å². The highest BCUT2D eigenvalue weighted by atomic mass is 16.2. The van der Waals surface area contributed by atoms with Gasteiger partial charge >= 0.3 is 0 Å². The van der Waals surface area contributed by atoms with Crippen molar-refractivity contribution < 1.29 is 19.8 Å². The fourth-order valence-corrected chi connectivity index (χ4v) is 4.67. The van der Waals surface area contributed by atoms with Gasteiger partial charge in [0.15, 0.2) is 13.1 Å². The molecular weight excluding hydrogens is 388 g/mol. The SMILES string of the molecule is O=C(C[NH2+]C(c1ccccc1)c1ccccc1)N1CC[NH+](CC(=O)N2CCCC2)CC1. The lowest BCUT2D eigenvalue weighted by Gasteiger charge is -2.32. The first-order valence-electron chi connectivity index (χ1n) is 11.5. The van der Waals surface area contributed by atoms with Gasteiger partial charge in [-0.15, -0.1) is 0 Å². The maximum absolute atomic E-state index is 12.9. The highest BCUT2D eigenvalue weighted by Crippen LogP contribution is 2.17. The molecule has 2 amide bonds. The first kappa shape index (κ1) is 21.5. The summed E-state index contributed by atoms with van der Waals surface area (Å²) in [5, 5.41) is 2.14. The molecular formula is C25H34N4O2+2. The average Bonchev–Trinajstić information content (AvgIpc) is 3.36. The van der Waals surface area contributed by atoms with E-state index in [2.05, 4.69) is 29.6 Å². The Balaban J connectivity index is 1.28. The Morgan fingerprint density at radius 2 is 1.29 bits per heavy atom. The number of carbonyl (C=O) groups is 2. The number of carbonyl (C=O) groups excluding carboxylic acids is 2. The maximum atomic E-state index is 12.9. The van der Waals surface area contributed by atoms with Crippen molar-refractivity contribution in [3.63, 3.8) is 0 Å². The Bertz CT molecular complexity index is 805. The zero-order chi connectivity index (χ0) is 21.5. The normalized spacial score (nSPS) is 17.3. The van der Waals surface area contributed by atoms with Crippen LogP contribution in [0.2, 0.25) is 0 Å². The summed E-state index contributed by atoms with van der Waals surface area (Å²) in [6.45, 7) is 5.99. The number of nitrogens with two attached hydrogens (primary N) is 1. The molecule has 0 aliphatic carbocycles.